The maximum atomic E-state index is 3.37. The Morgan fingerprint density at radius 3 is 2.31 bits per heavy atom. The van der Waals surface area contributed by atoms with Crippen LogP contribution in [-0.2, 0) is 0 Å². The zero-order valence-corrected chi connectivity index (χ0v) is 8.92. The molecule has 0 radical (unpaired) electrons. The number of nitrogens with one attached hydrogen (secondary N) is 1. The minimum absolute atomic E-state index is 0.856. The van der Waals surface area contributed by atoms with Crippen LogP contribution in [0.5, 0.6) is 0 Å². The molecule has 0 atom stereocenters. The van der Waals surface area contributed by atoms with Gasteiger partial charge in [-0.3, -0.25) is 4.90 Å². The van der Waals surface area contributed by atoms with Crippen molar-refractivity contribution < 1.29 is 0 Å². The molecule has 1 aliphatic carbocycles. The van der Waals surface area contributed by atoms with Crippen LogP contribution in [0.25, 0.3) is 0 Å². The molecule has 1 saturated carbocycles. The third kappa shape index (κ3) is 2.44. The maximum absolute atomic E-state index is 3.37. The quantitative estimate of drug-likeness (QED) is 0.692. The number of rotatable bonds is 5. The Labute approximate surface area is 81.7 Å². The normalized spacial score (nSPS) is 24.0. The Morgan fingerprint density at radius 1 is 1.23 bits per heavy atom. The van der Waals surface area contributed by atoms with Crippen LogP contribution in [0, 0.1) is 5.92 Å². The molecule has 2 nitrogen and oxygen atoms in total. The molecule has 1 heterocycles. The third-order valence-corrected chi connectivity index (χ3v) is 3.21. The minimum atomic E-state index is 0.856. The number of nitrogens with zero attached hydrogens (tertiary/aromatic N) is 1. The molecule has 2 heteroatoms. The molecule has 13 heavy (non-hydrogen) atoms. The van der Waals surface area contributed by atoms with Gasteiger partial charge in [0.1, 0.15) is 0 Å². The van der Waals surface area contributed by atoms with Crippen molar-refractivity contribution in [1.29, 1.82) is 0 Å². The van der Waals surface area contributed by atoms with Crippen molar-refractivity contribution in [3.8, 4) is 0 Å². The predicted octanol–water partition coefficient (Wildman–Crippen LogP) is 1.47. The lowest BCUT2D eigenvalue weighted by molar-refractivity contribution is 0.130. The standard InChI is InChI=1S/C11H22N2/c1-9(2)5-6-13(10-3-4-10)11-7-12-8-11/h9-12H,3-8H2,1-2H3. The van der Waals surface area contributed by atoms with E-state index >= 15 is 0 Å². The number of hydrogen-bond donors (Lipinski definition) is 1. The zero-order chi connectivity index (χ0) is 9.26. The van der Waals surface area contributed by atoms with E-state index in [1.807, 2.05) is 0 Å². The largest absolute Gasteiger partial charge is 0.314 e. The lowest BCUT2D eigenvalue weighted by Gasteiger charge is -2.38. The van der Waals surface area contributed by atoms with Crippen LogP contribution in [0.15, 0.2) is 0 Å². The van der Waals surface area contributed by atoms with Crippen LogP contribution >= 0.6 is 0 Å². The summed E-state index contributed by atoms with van der Waals surface area (Å²) in [6, 6.07) is 1.82. The molecule has 1 N–H and O–H groups in total. The summed E-state index contributed by atoms with van der Waals surface area (Å²) in [5, 5.41) is 3.37. The minimum Gasteiger partial charge on any atom is -0.314 e. The molecular weight excluding hydrogens is 160 g/mol. The lowest BCUT2D eigenvalue weighted by Crippen LogP contribution is -2.58. The molecule has 0 unspecified atom stereocenters. The van der Waals surface area contributed by atoms with Gasteiger partial charge in [-0.2, -0.15) is 0 Å². The lowest BCUT2D eigenvalue weighted by atomic mass is 10.1. The molecule has 0 aromatic carbocycles. The Hall–Kier alpha value is -0.0800. The summed E-state index contributed by atoms with van der Waals surface area (Å²) in [5.41, 5.74) is 0. The van der Waals surface area contributed by atoms with E-state index in [0.29, 0.717) is 0 Å². The van der Waals surface area contributed by atoms with Gasteiger partial charge >= 0.3 is 0 Å². The van der Waals surface area contributed by atoms with E-state index in [0.717, 1.165) is 18.0 Å². The summed E-state index contributed by atoms with van der Waals surface area (Å²) >= 11 is 0. The van der Waals surface area contributed by atoms with Gasteiger partial charge in [0.05, 0.1) is 0 Å². The molecule has 2 fully saturated rings. The number of hydrogen-bond acceptors (Lipinski definition) is 2. The summed E-state index contributed by atoms with van der Waals surface area (Å²) in [5.74, 6) is 0.856. The summed E-state index contributed by atoms with van der Waals surface area (Å²) < 4.78 is 0. The maximum Gasteiger partial charge on any atom is 0.0348 e. The van der Waals surface area contributed by atoms with Gasteiger partial charge in [0, 0.05) is 25.2 Å². The van der Waals surface area contributed by atoms with Crippen molar-refractivity contribution in [3.05, 3.63) is 0 Å². The highest BCUT2D eigenvalue weighted by atomic mass is 15.3. The second-order valence-electron chi connectivity index (χ2n) is 4.96. The third-order valence-electron chi connectivity index (χ3n) is 3.21. The van der Waals surface area contributed by atoms with Crippen molar-refractivity contribution in [2.24, 2.45) is 5.92 Å². The molecule has 0 aromatic rings. The Balaban J connectivity index is 1.75. The van der Waals surface area contributed by atoms with Crippen molar-refractivity contribution in [2.75, 3.05) is 19.6 Å². The van der Waals surface area contributed by atoms with E-state index in [1.54, 1.807) is 0 Å². The van der Waals surface area contributed by atoms with Crippen LogP contribution in [0.2, 0.25) is 0 Å². The van der Waals surface area contributed by atoms with Crippen molar-refractivity contribution in [2.45, 2.75) is 45.2 Å². The highest BCUT2D eigenvalue weighted by molar-refractivity contribution is 4.94. The van der Waals surface area contributed by atoms with E-state index in [9.17, 15) is 0 Å². The van der Waals surface area contributed by atoms with E-state index in [-0.39, 0.29) is 0 Å². The van der Waals surface area contributed by atoms with Crippen molar-refractivity contribution >= 4 is 0 Å². The van der Waals surface area contributed by atoms with E-state index < -0.39 is 0 Å². The fraction of sp³-hybridized carbons (Fsp3) is 1.00. The molecule has 2 aliphatic rings. The van der Waals surface area contributed by atoms with Gasteiger partial charge in [0.25, 0.3) is 0 Å². The van der Waals surface area contributed by atoms with Gasteiger partial charge in [-0.15, -0.1) is 0 Å². The molecule has 1 saturated heterocycles. The smallest absolute Gasteiger partial charge is 0.0348 e. The monoisotopic (exact) mass is 182 g/mol. The molecule has 2 rings (SSSR count). The molecule has 0 aromatic heterocycles. The van der Waals surface area contributed by atoms with Gasteiger partial charge in [0.15, 0.2) is 0 Å². The van der Waals surface area contributed by atoms with Crippen molar-refractivity contribution in [3.63, 3.8) is 0 Å². The highest BCUT2D eigenvalue weighted by Gasteiger charge is 2.35. The summed E-state index contributed by atoms with van der Waals surface area (Å²) in [6.07, 6.45) is 4.27. The fourth-order valence-corrected chi connectivity index (χ4v) is 1.98. The first-order valence-corrected chi connectivity index (χ1v) is 5.74. The van der Waals surface area contributed by atoms with Gasteiger partial charge < -0.3 is 5.32 Å². The second kappa shape index (κ2) is 3.97. The second-order valence-corrected chi connectivity index (χ2v) is 4.96. The topological polar surface area (TPSA) is 15.3 Å². The molecule has 0 amide bonds. The molecule has 1 aliphatic heterocycles. The predicted molar refractivity (Wildman–Crippen MR) is 55.8 cm³/mol. The summed E-state index contributed by atoms with van der Waals surface area (Å²) in [6.45, 7) is 8.44. The van der Waals surface area contributed by atoms with Crippen LogP contribution < -0.4 is 5.32 Å². The molecule has 0 bridgehead atoms. The van der Waals surface area contributed by atoms with E-state index in [2.05, 4.69) is 24.1 Å². The Morgan fingerprint density at radius 2 is 1.92 bits per heavy atom. The van der Waals surface area contributed by atoms with Crippen LogP contribution in [0.1, 0.15) is 33.1 Å². The average molecular weight is 182 g/mol. The van der Waals surface area contributed by atoms with Gasteiger partial charge in [0.2, 0.25) is 0 Å². The molecular formula is C11H22N2. The zero-order valence-electron chi connectivity index (χ0n) is 8.92. The molecule has 0 spiro atoms. The van der Waals surface area contributed by atoms with E-state index in [4.69, 9.17) is 0 Å². The van der Waals surface area contributed by atoms with Crippen LogP contribution in [-0.4, -0.2) is 36.6 Å². The SMILES string of the molecule is CC(C)CCN(C1CC1)C1CNC1. The fourth-order valence-electron chi connectivity index (χ4n) is 1.98. The highest BCUT2D eigenvalue weighted by Crippen LogP contribution is 2.30. The van der Waals surface area contributed by atoms with E-state index in [1.165, 1.54) is 38.9 Å². The van der Waals surface area contributed by atoms with Gasteiger partial charge in [-0.05, 0) is 31.7 Å². The first-order chi connectivity index (χ1) is 6.27. The average Bonchev–Trinajstić information content (AvgIpc) is 2.75. The van der Waals surface area contributed by atoms with Gasteiger partial charge in [-0.25, -0.2) is 0 Å². The van der Waals surface area contributed by atoms with Crippen LogP contribution in [0.3, 0.4) is 0 Å². The Bertz CT molecular complexity index is 159. The summed E-state index contributed by atoms with van der Waals surface area (Å²) in [4.78, 5) is 2.75. The first kappa shape index (κ1) is 9.47. The molecule has 76 valence electrons. The van der Waals surface area contributed by atoms with Crippen LogP contribution in [0.4, 0.5) is 0 Å². The van der Waals surface area contributed by atoms with Gasteiger partial charge in [-0.1, -0.05) is 13.8 Å². The first-order valence-electron chi connectivity index (χ1n) is 5.74. The Kier molecular flexibility index (Phi) is 2.89. The van der Waals surface area contributed by atoms with Crippen molar-refractivity contribution in [1.82, 2.24) is 10.2 Å². The summed E-state index contributed by atoms with van der Waals surface area (Å²) in [7, 11) is 0.